The van der Waals surface area contributed by atoms with E-state index in [9.17, 15) is 14.4 Å². The number of esters is 1. The lowest BCUT2D eigenvalue weighted by Gasteiger charge is -2.23. The van der Waals surface area contributed by atoms with Gasteiger partial charge in [-0.3, -0.25) is 4.79 Å². The molecule has 1 atom stereocenters. The number of ether oxygens (including phenoxy) is 2. The van der Waals surface area contributed by atoms with Crippen LogP contribution in [0.3, 0.4) is 0 Å². The summed E-state index contributed by atoms with van der Waals surface area (Å²) in [6, 6.07) is 15.8. The van der Waals surface area contributed by atoms with Crippen molar-refractivity contribution in [3.63, 3.8) is 0 Å². The Balaban J connectivity index is 2.00. The molecule has 2 amide bonds. The zero-order valence-electron chi connectivity index (χ0n) is 18.4. The smallest absolute Gasteiger partial charge is 0.408 e. The van der Waals surface area contributed by atoms with Gasteiger partial charge in [0.25, 0.3) is 0 Å². The summed E-state index contributed by atoms with van der Waals surface area (Å²) in [6.07, 6.45) is 0.419. The second kappa shape index (κ2) is 11.2. The minimum atomic E-state index is -0.746. The Morgan fingerprint density at radius 3 is 2.16 bits per heavy atom. The summed E-state index contributed by atoms with van der Waals surface area (Å²) in [6.45, 7) is 5.56. The van der Waals surface area contributed by atoms with Crippen molar-refractivity contribution >= 4 is 18.0 Å². The highest BCUT2D eigenvalue weighted by molar-refractivity contribution is 5.89. The van der Waals surface area contributed by atoms with Gasteiger partial charge in [0.15, 0.2) is 0 Å². The average Bonchev–Trinajstić information content (AvgIpc) is 2.74. The fourth-order valence-corrected chi connectivity index (χ4v) is 2.86. The lowest BCUT2D eigenvalue weighted by Crippen LogP contribution is -2.48. The number of methoxy groups -OCH3 is 1. The number of amides is 2. The van der Waals surface area contributed by atoms with Crippen LogP contribution in [-0.4, -0.2) is 36.7 Å². The largest absolute Gasteiger partial charge is 0.465 e. The third-order valence-electron chi connectivity index (χ3n) is 4.41. The van der Waals surface area contributed by atoms with Crippen LogP contribution < -0.4 is 10.6 Å². The standard InChI is InChI=1S/C24H30N2O5/c1-24(2,3)31-23(29)26-20(15-12-17-8-6-5-7-9-17)21(27)25-16-18-10-13-19(14-11-18)22(28)30-4/h5-11,13-14,20H,12,15-16H2,1-4H3,(H,25,27)(H,26,29)/t20-/m0/s1. The maximum absolute atomic E-state index is 12.8. The molecule has 2 rings (SSSR count). The summed E-state index contributed by atoms with van der Waals surface area (Å²) in [5.74, 6) is -0.725. The Morgan fingerprint density at radius 2 is 1.58 bits per heavy atom. The molecule has 2 aromatic carbocycles. The third-order valence-corrected chi connectivity index (χ3v) is 4.41. The third kappa shape index (κ3) is 8.50. The molecule has 0 saturated heterocycles. The Bertz CT molecular complexity index is 873. The van der Waals surface area contributed by atoms with Crippen LogP contribution in [0.25, 0.3) is 0 Å². The van der Waals surface area contributed by atoms with Gasteiger partial charge < -0.3 is 20.1 Å². The number of carbonyl (C=O) groups excluding carboxylic acids is 3. The minimum absolute atomic E-state index is 0.262. The molecule has 7 heteroatoms. The van der Waals surface area contributed by atoms with Crippen LogP contribution in [0.2, 0.25) is 0 Å². The molecule has 0 bridgehead atoms. The molecule has 31 heavy (non-hydrogen) atoms. The normalized spacial score (nSPS) is 11.9. The van der Waals surface area contributed by atoms with Crippen LogP contribution >= 0.6 is 0 Å². The van der Waals surface area contributed by atoms with E-state index in [0.717, 1.165) is 11.1 Å². The average molecular weight is 427 g/mol. The van der Waals surface area contributed by atoms with Gasteiger partial charge in [-0.25, -0.2) is 9.59 Å². The Kier molecular flexibility index (Phi) is 8.61. The Labute approximate surface area is 183 Å². The summed E-state index contributed by atoms with van der Waals surface area (Å²) in [7, 11) is 1.32. The number of hydrogen-bond donors (Lipinski definition) is 2. The first-order valence-corrected chi connectivity index (χ1v) is 10.2. The molecule has 0 saturated carbocycles. The van der Waals surface area contributed by atoms with E-state index in [1.165, 1.54) is 7.11 Å². The lowest BCUT2D eigenvalue weighted by molar-refractivity contribution is -0.123. The van der Waals surface area contributed by atoms with Gasteiger partial charge in [-0.1, -0.05) is 42.5 Å². The number of nitrogens with one attached hydrogen (secondary N) is 2. The van der Waals surface area contributed by atoms with Gasteiger partial charge in [0.05, 0.1) is 12.7 Å². The van der Waals surface area contributed by atoms with Gasteiger partial charge in [0, 0.05) is 6.54 Å². The molecular weight excluding hydrogens is 396 g/mol. The number of aryl methyl sites for hydroxylation is 1. The second-order valence-electron chi connectivity index (χ2n) is 8.13. The van der Waals surface area contributed by atoms with Crippen molar-refractivity contribution in [1.29, 1.82) is 0 Å². The van der Waals surface area contributed by atoms with Gasteiger partial charge in [0.1, 0.15) is 11.6 Å². The van der Waals surface area contributed by atoms with Gasteiger partial charge in [-0.05, 0) is 56.9 Å². The number of hydrogen-bond acceptors (Lipinski definition) is 5. The molecule has 2 aromatic rings. The first kappa shape index (κ1) is 23.9. The second-order valence-corrected chi connectivity index (χ2v) is 8.13. The van der Waals surface area contributed by atoms with Crippen LogP contribution in [0.1, 0.15) is 48.7 Å². The highest BCUT2D eigenvalue weighted by Crippen LogP contribution is 2.10. The van der Waals surface area contributed by atoms with Crippen molar-refractivity contribution < 1.29 is 23.9 Å². The zero-order valence-corrected chi connectivity index (χ0v) is 18.4. The maximum Gasteiger partial charge on any atom is 0.408 e. The number of alkyl carbamates (subject to hydrolysis) is 1. The van der Waals surface area contributed by atoms with E-state index in [2.05, 4.69) is 15.4 Å². The summed E-state index contributed by atoms with van der Waals surface area (Å²) in [5.41, 5.74) is 1.67. The molecule has 0 fully saturated rings. The molecular formula is C24H30N2O5. The summed E-state index contributed by atoms with van der Waals surface area (Å²) < 4.78 is 9.99. The summed E-state index contributed by atoms with van der Waals surface area (Å²) >= 11 is 0. The molecule has 0 aliphatic rings. The molecule has 0 aliphatic heterocycles. The zero-order chi connectivity index (χ0) is 22.9. The molecule has 2 N–H and O–H groups in total. The molecule has 166 valence electrons. The van der Waals surface area contributed by atoms with Crippen molar-refractivity contribution in [2.24, 2.45) is 0 Å². The molecule has 0 aliphatic carbocycles. The molecule has 0 heterocycles. The fraction of sp³-hybridized carbons (Fsp3) is 0.375. The van der Waals surface area contributed by atoms with Gasteiger partial charge in [-0.2, -0.15) is 0 Å². The monoisotopic (exact) mass is 426 g/mol. The van der Waals surface area contributed by atoms with Crippen molar-refractivity contribution in [3.8, 4) is 0 Å². The SMILES string of the molecule is COC(=O)c1ccc(CNC(=O)[C@H](CCc2ccccc2)NC(=O)OC(C)(C)C)cc1. The van der Waals surface area contributed by atoms with E-state index in [-0.39, 0.29) is 12.5 Å². The summed E-state index contributed by atoms with van der Waals surface area (Å²) in [5, 5.41) is 5.52. The van der Waals surface area contributed by atoms with Gasteiger partial charge >= 0.3 is 12.1 Å². The molecule has 0 radical (unpaired) electrons. The van der Waals surface area contributed by atoms with Gasteiger partial charge in [0.2, 0.25) is 5.91 Å². The molecule has 0 unspecified atom stereocenters. The van der Waals surface area contributed by atoms with Gasteiger partial charge in [-0.15, -0.1) is 0 Å². The predicted molar refractivity (Wildman–Crippen MR) is 118 cm³/mol. The van der Waals surface area contributed by atoms with E-state index < -0.39 is 23.7 Å². The van der Waals surface area contributed by atoms with Crippen LogP contribution in [0.5, 0.6) is 0 Å². The lowest BCUT2D eigenvalue weighted by atomic mass is 10.0. The number of rotatable bonds is 8. The molecule has 0 aromatic heterocycles. The maximum atomic E-state index is 12.8. The van der Waals surface area contributed by atoms with E-state index in [1.54, 1.807) is 45.0 Å². The Morgan fingerprint density at radius 1 is 0.935 bits per heavy atom. The first-order valence-electron chi connectivity index (χ1n) is 10.2. The van der Waals surface area contributed by atoms with Crippen molar-refractivity contribution in [2.75, 3.05) is 7.11 Å². The van der Waals surface area contributed by atoms with E-state index in [1.807, 2.05) is 30.3 Å². The van der Waals surface area contributed by atoms with E-state index in [4.69, 9.17) is 4.74 Å². The van der Waals surface area contributed by atoms with Crippen LogP contribution in [-0.2, 0) is 27.2 Å². The Hall–Kier alpha value is -3.35. The molecule has 7 nitrogen and oxygen atoms in total. The quantitative estimate of drug-likeness (QED) is 0.629. The predicted octanol–water partition coefficient (Wildman–Crippen LogP) is 3.62. The van der Waals surface area contributed by atoms with Crippen molar-refractivity contribution in [1.82, 2.24) is 10.6 Å². The number of benzene rings is 2. The molecule has 0 spiro atoms. The topological polar surface area (TPSA) is 93.7 Å². The van der Waals surface area contributed by atoms with E-state index in [0.29, 0.717) is 18.4 Å². The van der Waals surface area contributed by atoms with Crippen molar-refractivity contribution in [2.45, 2.75) is 51.8 Å². The minimum Gasteiger partial charge on any atom is -0.465 e. The van der Waals surface area contributed by atoms with Crippen molar-refractivity contribution in [3.05, 3.63) is 71.3 Å². The van der Waals surface area contributed by atoms with Crippen LogP contribution in [0.15, 0.2) is 54.6 Å². The fourth-order valence-electron chi connectivity index (χ4n) is 2.86. The number of carbonyl (C=O) groups is 3. The highest BCUT2D eigenvalue weighted by atomic mass is 16.6. The van der Waals surface area contributed by atoms with Crippen LogP contribution in [0.4, 0.5) is 4.79 Å². The first-order chi connectivity index (χ1) is 14.7. The van der Waals surface area contributed by atoms with Crippen LogP contribution in [0, 0.1) is 0 Å². The highest BCUT2D eigenvalue weighted by Gasteiger charge is 2.24. The summed E-state index contributed by atoms with van der Waals surface area (Å²) in [4.78, 5) is 36.6. The van der Waals surface area contributed by atoms with E-state index >= 15 is 0 Å².